The summed E-state index contributed by atoms with van der Waals surface area (Å²) < 4.78 is 6.51. The number of carboxylic acids is 1. The van der Waals surface area contributed by atoms with Crippen LogP contribution in [0.4, 0.5) is 5.69 Å². The maximum atomic E-state index is 12.2. The molecule has 0 unspecified atom stereocenters. The molecule has 29 heavy (non-hydrogen) atoms. The van der Waals surface area contributed by atoms with E-state index in [0.717, 1.165) is 4.47 Å². The average Bonchev–Trinajstić information content (AvgIpc) is 2.72. The Morgan fingerprint density at radius 1 is 0.966 bits per heavy atom. The highest BCUT2D eigenvalue weighted by Crippen LogP contribution is 2.34. The Bertz CT molecular complexity index is 1040. The van der Waals surface area contributed by atoms with Crippen molar-refractivity contribution < 1.29 is 19.4 Å². The van der Waals surface area contributed by atoms with E-state index in [1.165, 1.54) is 6.08 Å². The Hall–Kier alpha value is -3.58. The largest absolute Gasteiger partial charge is 0.477 e. The predicted molar refractivity (Wildman–Crippen MR) is 115 cm³/mol. The van der Waals surface area contributed by atoms with Crippen LogP contribution in [-0.2, 0) is 4.79 Å². The smallest absolute Gasteiger partial charge is 0.352 e. The maximum absolute atomic E-state index is 12.2. The number of para-hydroxylation sites is 1. The number of carboxylic acid groups (broad SMARTS) is 1. The molecule has 0 heterocycles. The summed E-state index contributed by atoms with van der Waals surface area (Å²) in [5.74, 6) is -0.706. The van der Waals surface area contributed by atoms with Crippen LogP contribution in [0.5, 0.6) is 11.5 Å². The SMILES string of the molecule is Nc1cccc(Br)c1Oc1ccc(/C=C(\NC(=O)c2ccccc2)C(=O)O)cc1. The zero-order valence-electron chi connectivity index (χ0n) is 15.1. The monoisotopic (exact) mass is 452 g/mol. The average molecular weight is 453 g/mol. The number of anilines is 1. The van der Waals surface area contributed by atoms with E-state index in [-0.39, 0.29) is 5.70 Å². The number of aliphatic carboxylic acids is 1. The van der Waals surface area contributed by atoms with Gasteiger partial charge in [0.15, 0.2) is 5.75 Å². The second-order valence-electron chi connectivity index (χ2n) is 6.01. The molecular formula is C22H17BrN2O4. The molecule has 0 aliphatic heterocycles. The summed E-state index contributed by atoms with van der Waals surface area (Å²) in [6, 6.07) is 20.5. The number of rotatable bonds is 6. The van der Waals surface area contributed by atoms with E-state index >= 15 is 0 Å². The van der Waals surface area contributed by atoms with Crippen molar-refractivity contribution >= 4 is 39.6 Å². The van der Waals surface area contributed by atoms with Gasteiger partial charge in [0, 0.05) is 5.56 Å². The number of hydrogen-bond acceptors (Lipinski definition) is 4. The number of carbonyl (C=O) groups excluding carboxylic acids is 1. The Morgan fingerprint density at radius 2 is 1.66 bits per heavy atom. The van der Waals surface area contributed by atoms with Crippen LogP contribution >= 0.6 is 15.9 Å². The highest BCUT2D eigenvalue weighted by molar-refractivity contribution is 9.10. The van der Waals surface area contributed by atoms with E-state index in [0.29, 0.717) is 28.3 Å². The Kier molecular flexibility index (Phi) is 6.31. The van der Waals surface area contributed by atoms with Gasteiger partial charge in [-0.25, -0.2) is 4.79 Å². The number of carbonyl (C=O) groups is 2. The quantitative estimate of drug-likeness (QED) is 0.372. The second-order valence-corrected chi connectivity index (χ2v) is 6.87. The van der Waals surface area contributed by atoms with Gasteiger partial charge in [0.2, 0.25) is 0 Å². The van der Waals surface area contributed by atoms with Crippen LogP contribution in [0.3, 0.4) is 0 Å². The number of nitrogen functional groups attached to an aromatic ring is 1. The fraction of sp³-hybridized carbons (Fsp3) is 0. The lowest BCUT2D eigenvalue weighted by Gasteiger charge is -2.10. The molecule has 0 bridgehead atoms. The summed E-state index contributed by atoms with van der Waals surface area (Å²) in [6.45, 7) is 0. The number of amides is 1. The topological polar surface area (TPSA) is 102 Å². The molecule has 0 radical (unpaired) electrons. The van der Waals surface area contributed by atoms with E-state index in [9.17, 15) is 14.7 Å². The molecule has 0 aliphatic carbocycles. The third-order valence-electron chi connectivity index (χ3n) is 3.92. The van der Waals surface area contributed by atoms with E-state index in [1.807, 2.05) is 6.07 Å². The molecule has 7 heteroatoms. The van der Waals surface area contributed by atoms with Crippen LogP contribution in [-0.4, -0.2) is 17.0 Å². The first-order chi connectivity index (χ1) is 13.9. The third kappa shape index (κ3) is 5.24. The summed E-state index contributed by atoms with van der Waals surface area (Å²) >= 11 is 3.39. The number of halogens is 1. The zero-order chi connectivity index (χ0) is 20.8. The molecule has 0 aromatic heterocycles. The molecule has 0 atom stereocenters. The second kappa shape index (κ2) is 9.07. The molecule has 3 aromatic rings. The first-order valence-corrected chi connectivity index (χ1v) is 9.36. The van der Waals surface area contributed by atoms with Crippen LogP contribution in [0.15, 0.2) is 83.0 Å². The van der Waals surface area contributed by atoms with Crippen molar-refractivity contribution in [2.24, 2.45) is 0 Å². The molecule has 4 N–H and O–H groups in total. The molecule has 1 amide bonds. The highest BCUT2D eigenvalue weighted by Gasteiger charge is 2.13. The van der Waals surface area contributed by atoms with Gasteiger partial charge in [-0.2, -0.15) is 0 Å². The number of benzene rings is 3. The van der Waals surface area contributed by atoms with E-state index in [1.54, 1.807) is 66.7 Å². The summed E-state index contributed by atoms with van der Waals surface area (Å²) in [4.78, 5) is 23.7. The Morgan fingerprint density at radius 3 is 2.28 bits per heavy atom. The molecule has 0 saturated carbocycles. The van der Waals surface area contributed by atoms with Crippen LogP contribution in [0.1, 0.15) is 15.9 Å². The molecule has 6 nitrogen and oxygen atoms in total. The van der Waals surface area contributed by atoms with Gasteiger partial charge < -0.3 is 20.9 Å². The van der Waals surface area contributed by atoms with E-state index < -0.39 is 11.9 Å². The minimum Gasteiger partial charge on any atom is -0.477 e. The fourth-order valence-corrected chi connectivity index (χ4v) is 2.95. The molecule has 146 valence electrons. The van der Waals surface area contributed by atoms with Crippen molar-refractivity contribution in [2.75, 3.05) is 5.73 Å². The maximum Gasteiger partial charge on any atom is 0.352 e. The van der Waals surface area contributed by atoms with Crippen LogP contribution < -0.4 is 15.8 Å². The van der Waals surface area contributed by atoms with Crippen molar-refractivity contribution in [3.05, 3.63) is 94.1 Å². The molecule has 0 aliphatic rings. The van der Waals surface area contributed by atoms with Gasteiger partial charge >= 0.3 is 5.97 Å². The minimum atomic E-state index is -1.24. The molecular weight excluding hydrogens is 436 g/mol. The first kappa shape index (κ1) is 20.2. The highest BCUT2D eigenvalue weighted by atomic mass is 79.9. The molecule has 0 fully saturated rings. The lowest BCUT2D eigenvalue weighted by molar-refractivity contribution is -0.132. The van der Waals surface area contributed by atoms with Gasteiger partial charge in [-0.3, -0.25) is 4.79 Å². The van der Waals surface area contributed by atoms with Gasteiger partial charge in [0.25, 0.3) is 5.91 Å². The van der Waals surface area contributed by atoms with Gasteiger partial charge in [-0.15, -0.1) is 0 Å². The van der Waals surface area contributed by atoms with Gasteiger partial charge in [-0.1, -0.05) is 36.4 Å². The van der Waals surface area contributed by atoms with E-state index in [4.69, 9.17) is 10.5 Å². The summed E-state index contributed by atoms with van der Waals surface area (Å²) in [7, 11) is 0. The number of nitrogens with two attached hydrogens (primary N) is 1. The van der Waals surface area contributed by atoms with Gasteiger partial charge in [-0.05, 0) is 64.0 Å². The Labute approximate surface area is 175 Å². The van der Waals surface area contributed by atoms with Gasteiger partial charge in [0.05, 0.1) is 10.2 Å². The van der Waals surface area contributed by atoms with Crippen molar-refractivity contribution in [3.8, 4) is 11.5 Å². The summed E-state index contributed by atoms with van der Waals surface area (Å²) in [5, 5.41) is 11.8. The van der Waals surface area contributed by atoms with Crippen molar-refractivity contribution in [1.29, 1.82) is 0 Å². The minimum absolute atomic E-state index is 0.234. The zero-order valence-corrected chi connectivity index (χ0v) is 16.7. The Balaban J connectivity index is 1.77. The molecule has 3 aromatic carbocycles. The normalized spacial score (nSPS) is 11.0. The van der Waals surface area contributed by atoms with Crippen LogP contribution in [0.2, 0.25) is 0 Å². The molecule has 3 rings (SSSR count). The van der Waals surface area contributed by atoms with Gasteiger partial charge in [0.1, 0.15) is 11.4 Å². The van der Waals surface area contributed by atoms with Crippen molar-refractivity contribution in [1.82, 2.24) is 5.32 Å². The summed E-state index contributed by atoms with van der Waals surface area (Å²) in [6.07, 6.45) is 1.37. The molecule has 0 spiro atoms. The number of ether oxygens (including phenoxy) is 1. The standard InChI is InChI=1S/C22H17BrN2O4/c23-17-7-4-8-18(24)20(17)29-16-11-9-14(10-12-16)13-19(22(27)28)25-21(26)15-5-2-1-3-6-15/h1-13H,24H2,(H,25,26)(H,27,28)/b19-13-. The number of hydrogen-bond donors (Lipinski definition) is 3. The number of nitrogens with one attached hydrogen (secondary N) is 1. The predicted octanol–water partition coefficient (Wildman–Crippen LogP) is 4.68. The van der Waals surface area contributed by atoms with E-state index in [2.05, 4.69) is 21.2 Å². The lowest BCUT2D eigenvalue weighted by Crippen LogP contribution is -2.27. The van der Waals surface area contributed by atoms with Crippen molar-refractivity contribution in [3.63, 3.8) is 0 Å². The third-order valence-corrected chi connectivity index (χ3v) is 4.55. The van der Waals surface area contributed by atoms with Crippen molar-refractivity contribution in [2.45, 2.75) is 0 Å². The van der Waals surface area contributed by atoms with Crippen LogP contribution in [0.25, 0.3) is 6.08 Å². The first-order valence-electron chi connectivity index (χ1n) is 8.57. The molecule has 0 saturated heterocycles. The lowest BCUT2D eigenvalue weighted by atomic mass is 10.1. The van der Waals surface area contributed by atoms with Crippen LogP contribution in [0, 0.1) is 0 Å². The fourth-order valence-electron chi connectivity index (χ4n) is 2.49. The summed E-state index contributed by atoms with van der Waals surface area (Å²) in [5.41, 5.74) is 7.13.